The van der Waals surface area contributed by atoms with Crippen LogP contribution >= 0.6 is 0 Å². The molecule has 154 valence electrons. The summed E-state index contributed by atoms with van der Waals surface area (Å²) in [5, 5.41) is 4.06. The summed E-state index contributed by atoms with van der Waals surface area (Å²) in [5.41, 5.74) is 7.01. The highest BCUT2D eigenvalue weighted by Gasteiger charge is 2.34. The lowest BCUT2D eigenvalue weighted by atomic mass is 10.0. The van der Waals surface area contributed by atoms with E-state index in [2.05, 4.69) is 41.6 Å². The Bertz CT molecular complexity index is 1200. The van der Waals surface area contributed by atoms with Crippen molar-refractivity contribution in [3.63, 3.8) is 0 Å². The van der Waals surface area contributed by atoms with Crippen LogP contribution in [0.4, 0.5) is 0 Å². The molecule has 0 atom stereocenters. The zero-order valence-corrected chi connectivity index (χ0v) is 17.2. The zero-order chi connectivity index (χ0) is 21.2. The predicted molar refractivity (Wildman–Crippen MR) is 120 cm³/mol. The Morgan fingerprint density at radius 1 is 1.00 bits per heavy atom. The van der Waals surface area contributed by atoms with Gasteiger partial charge in [-0.1, -0.05) is 66.7 Å². The fraction of sp³-hybridized carbons (Fsp3) is 0.154. The fourth-order valence-electron chi connectivity index (χ4n) is 3.97. The van der Waals surface area contributed by atoms with Crippen LogP contribution in [0.5, 0.6) is 0 Å². The van der Waals surface area contributed by atoms with Gasteiger partial charge in [-0.2, -0.15) is 0 Å². The van der Waals surface area contributed by atoms with Crippen molar-refractivity contribution in [2.45, 2.75) is 20.0 Å². The Morgan fingerprint density at radius 3 is 2.61 bits per heavy atom. The molecular formula is C26H22N2O3. The van der Waals surface area contributed by atoms with Crippen LogP contribution in [-0.2, 0) is 27.4 Å². The number of amidine groups is 1. The molecule has 1 amide bonds. The van der Waals surface area contributed by atoms with Crippen molar-refractivity contribution < 1.29 is 14.4 Å². The van der Waals surface area contributed by atoms with Gasteiger partial charge in [0, 0.05) is 6.54 Å². The molecule has 5 nitrogen and oxygen atoms in total. The van der Waals surface area contributed by atoms with E-state index in [0.717, 1.165) is 17.5 Å². The van der Waals surface area contributed by atoms with Crippen LogP contribution in [0.1, 0.15) is 29.2 Å². The number of nitrogens with zero attached hydrogens (tertiary/aromatic N) is 2. The maximum Gasteiger partial charge on any atom is 0.339 e. The van der Waals surface area contributed by atoms with Crippen LogP contribution in [0.15, 0.2) is 83.7 Å². The average Bonchev–Trinajstić information content (AvgIpc) is 3.31. The summed E-state index contributed by atoms with van der Waals surface area (Å²) in [5.74, 6) is 0.0283. The molecule has 1 aliphatic carbocycles. The van der Waals surface area contributed by atoms with E-state index >= 15 is 0 Å². The number of carbonyl (C=O) groups excluding carboxylic acids is 1. The third kappa shape index (κ3) is 3.70. The van der Waals surface area contributed by atoms with E-state index in [1.165, 1.54) is 27.2 Å². The molecule has 5 heteroatoms. The molecular weight excluding hydrogens is 388 g/mol. The SMILES string of the molecule is CCN1C(=O)/C(=C\c2ccc3c(c2)-c2ccccc2C3)OC1=NOCc1ccccc1. The van der Waals surface area contributed by atoms with E-state index in [9.17, 15) is 4.79 Å². The monoisotopic (exact) mass is 410 g/mol. The number of carbonyl (C=O) groups is 1. The molecule has 0 spiro atoms. The van der Waals surface area contributed by atoms with Crippen molar-refractivity contribution in [2.75, 3.05) is 6.54 Å². The molecule has 0 N–H and O–H groups in total. The number of ether oxygens (including phenoxy) is 1. The predicted octanol–water partition coefficient (Wildman–Crippen LogP) is 4.97. The van der Waals surface area contributed by atoms with Gasteiger partial charge in [-0.25, -0.2) is 0 Å². The van der Waals surface area contributed by atoms with Gasteiger partial charge in [-0.3, -0.25) is 9.69 Å². The highest BCUT2D eigenvalue weighted by molar-refractivity contribution is 6.11. The van der Waals surface area contributed by atoms with Crippen molar-refractivity contribution in [1.29, 1.82) is 0 Å². The van der Waals surface area contributed by atoms with Gasteiger partial charge in [0.25, 0.3) is 5.91 Å². The number of hydrogen-bond acceptors (Lipinski definition) is 4. The van der Waals surface area contributed by atoms with E-state index in [1.54, 1.807) is 6.08 Å². The highest BCUT2D eigenvalue weighted by atomic mass is 16.7. The summed E-state index contributed by atoms with van der Waals surface area (Å²) in [6.45, 7) is 2.63. The first-order valence-electron chi connectivity index (χ1n) is 10.4. The molecule has 1 fully saturated rings. The van der Waals surface area contributed by atoms with E-state index in [-0.39, 0.29) is 17.7 Å². The molecule has 0 aromatic heterocycles. The van der Waals surface area contributed by atoms with Crippen molar-refractivity contribution in [2.24, 2.45) is 5.16 Å². The number of hydrogen-bond donors (Lipinski definition) is 0. The van der Waals surface area contributed by atoms with Crippen molar-refractivity contribution in [1.82, 2.24) is 4.90 Å². The topological polar surface area (TPSA) is 51.1 Å². The summed E-state index contributed by atoms with van der Waals surface area (Å²) in [6.07, 6.45) is 2.71. The standard InChI is InChI=1S/C26H22N2O3/c1-2-28-25(29)24(31-26(28)27-30-17-18-8-4-3-5-9-18)15-19-12-13-21-16-20-10-6-7-11-22(20)23(21)14-19/h3-15H,2,16-17H2,1H3/b24-15+,27-26?. The van der Waals surface area contributed by atoms with Gasteiger partial charge in [0.15, 0.2) is 5.76 Å². The number of likely N-dealkylation sites (N-methyl/N-ethyl adjacent to an activating group) is 1. The van der Waals surface area contributed by atoms with E-state index in [1.807, 2.05) is 43.3 Å². The number of amides is 1. The van der Waals surface area contributed by atoms with Gasteiger partial charge in [0.2, 0.25) is 0 Å². The summed E-state index contributed by atoms with van der Waals surface area (Å²) < 4.78 is 5.77. The second-order valence-electron chi connectivity index (χ2n) is 7.54. The van der Waals surface area contributed by atoms with Crippen molar-refractivity contribution in [3.05, 3.63) is 101 Å². The quantitative estimate of drug-likeness (QED) is 0.345. The normalized spacial score (nSPS) is 17.1. The van der Waals surface area contributed by atoms with Gasteiger partial charge in [0.1, 0.15) is 6.61 Å². The zero-order valence-electron chi connectivity index (χ0n) is 17.2. The molecule has 1 heterocycles. The largest absolute Gasteiger partial charge is 0.418 e. The third-order valence-corrected chi connectivity index (χ3v) is 5.54. The smallest absolute Gasteiger partial charge is 0.339 e. The number of benzene rings is 3. The minimum Gasteiger partial charge on any atom is -0.418 e. The molecule has 5 rings (SSSR count). The van der Waals surface area contributed by atoms with Crippen LogP contribution in [0.3, 0.4) is 0 Å². The Kier molecular flexibility index (Phi) is 5.00. The minimum absolute atomic E-state index is 0.168. The summed E-state index contributed by atoms with van der Waals surface area (Å²) >= 11 is 0. The van der Waals surface area contributed by atoms with Gasteiger partial charge >= 0.3 is 6.02 Å². The van der Waals surface area contributed by atoms with Gasteiger partial charge in [-0.05, 0) is 64.0 Å². The Morgan fingerprint density at radius 2 is 1.77 bits per heavy atom. The fourth-order valence-corrected chi connectivity index (χ4v) is 3.97. The molecule has 1 aliphatic heterocycles. The molecule has 3 aromatic rings. The maximum atomic E-state index is 12.8. The van der Waals surface area contributed by atoms with E-state index < -0.39 is 0 Å². The molecule has 0 unspecified atom stereocenters. The molecule has 1 saturated heterocycles. The molecule has 0 radical (unpaired) electrons. The Balaban J connectivity index is 1.37. The van der Waals surface area contributed by atoms with Crippen LogP contribution in [0, 0.1) is 0 Å². The van der Waals surface area contributed by atoms with Crippen LogP contribution in [-0.4, -0.2) is 23.4 Å². The van der Waals surface area contributed by atoms with Gasteiger partial charge in [-0.15, -0.1) is 0 Å². The number of rotatable bonds is 5. The van der Waals surface area contributed by atoms with Crippen LogP contribution < -0.4 is 0 Å². The molecule has 0 saturated carbocycles. The van der Waals surface area contributed by atoms with Gasteiger partial charge < -0.3 is 9.57 Å². The molecule has 31 heavy (non-hydrogen) atoms. The van der Waals surface area contributed by atoms with Crippen molar-refractivity contribution in [3.8, 4) is 11.1 Å². The first kappa shape index (κ1) is 19.1. The summed E-state index contributed by atoms with van der Waals surface area (Å²) in [4.78, 5) is 19.7. The lowest BCUT2D eigenvalue weighted by molar-refractivity contribution is -0.122. The molecule has 0 bridgehead atoms. The second kappa shape index (κ2) is 8.11. The highest BCUT2D eigenvalue weighted by Crippen LogP contribution is 2.37. The third-order valence-electron chi connectivity index (χ3n) is 5.54. The van der Waals surface area contributed by atoms with Crippen molar-refractivity contribution >= 4 is 18.0 Å². The van der Waals surface area contributed by atoms with Crippen LogP contribution in [0.25, 0.3) is 17.2 Å². The first-order chi connectivity index (χ1) is 15.2. The van der Waals surface area contributed by atoms with Crippen LogP contribution in [0.2, 0.25) is 0 Å². The van der Waals surface area contributed by atoms with E-state index in [4.69, 9.17) is 9.57 Å². The lowest BCUT2D eigenvalue weighted by Crippen LogP contribution is -2.29. The second-order valence-corrected chi connectivity index (χ2v) is 7.54. The summed E-state index contributed by atoms with van der Waals surface area (Å²) in [6, 6.07) is 24.6. The Labute approximate surface area is 181 Å². The van der Waals surface area contributed by atoms with Gasteiger partial charge in [0.05, 0.1) is 0 Å². The lowest BCUT2D eigenvalue weighted by Gasteiger charge is -2.09. The first-order valence-corrected chi connectivity index (χ1v) is 10.4. The Hall–Kier alpha value is -3.86. The molecule has 3 aromatic carbocycles. The maximum absolute atomic E-state index is 12.8. The number of oxime groups is 1. The number of fused-ring (bicyclic) bond motifs is 3. The molecule has 2 aliphatic rings. The minimum atomic E-state index is -0.217. The average molecular weight is 410 g/mol. The van der Waals surface area contributed by atoms with E-state index in [0.29, 0.717) is 13.2 Å². The summed E-state index contributed by atoms with van der Waals surface area (Å²) in [7, 11) is 0.